The molecule has 3 aromatic rings. The number of benzene rings is 1. The molecule has 0 unspecified atom stereocenters. The van der Waals surface area contributed by atoms with Crippen molar-refractivity contribution in [2.24, 2.45) is 0 Å². The summed E-state index contributed by atoms with van der Waals surface area (Å²) in [5, 5.41) is 4.86. The molecule has 114 valence electrons. The zero-order chi connectivity index (χ0) is 15.5. The van der Waals surface area contributed by atoms with E-state index in [9.17, 15) is 9.18 Å². The SMILES string of the molecule is CCCCC(=O)Nc1c(-c2ccc(F)cc2)nc2sccn12. The molecule has 2 aromatic heterocycles. The van der Waals surface area contributed by atoms with E-state index in [4.69, 9.17) is 0 Å². The van der Waals surface area contributed by atoms with E-state index in [1.807, 2.05) is 22.9 Å². The molecule has 1 N–H and O–H groups in total. The zero-order valence-corrected chi connectivity index (χ0v) is 13.0. The topological polar surface area (TPSA) is 46.4 Å². The third-order valence-corrected chi connectivity index (χ3v) is 4.15. The molecule has 3 rings (SSSR count). The average molecular weight is 317 g/mol. The largest absolute Gasteiger partial charge is 0.310 e. The average Bonchev–Trinajstić information content (AvgIpc) is 3.09. The summed E-state index contributed by atoms with van der Waals surface area (Å²) in [7, 11) is 0. The van der Waals surface area contributed by atoms with Gasteiger partial charge in [-0.15, -0.1) is 11.3 Å². The summed E-state index contributed by atoms with van der Waals surface area (Å²) in [6.45, 7) is 2.05. The Labute approximate surface area is 131 Å². The van der Waals surface area contributed by atoms with Gasteiger partial charge < -0.3 is 5.32 Å². The molecule has 2 heterocycles. The number of halogens is 1. The fraction of sp³-hybridized carbons (Fsp3) is 0.250. The van der Waals surface area contributed by atoms with Crippen molar-refractivity contribution in [1.29, 1.82) is 0 Å². The van der Waals surface area contributed by atoms with Crippen molar-refractivity contribution in [1.82, 2.24) is 9.38 Å². The highest BCUT2D eigenvalue weighted by molar-refractivity contribution is 7.15. The molecule has 0 spiro atoms. The quantitative estimate of drug-likeness (QED) is 0.761. The number of nitrogens with zero attached hydrogens (tertiary/aromatic N) is 2. The lowest BCUT2D eigenvalue weighted by Crippen LogP contribution is -2.13. The minimum absolute atomic E-state index is 0.0294. The van der Waals surface area contributed by atoms with Gasteiger partial charge in [-0.3, -0.25) is 9.20 Å². The molecular formula is C16H16FN3OS. The van der Waals surface area contributed by atoms with Gasteiger partial charge in [0.25, 0.3) is 0 Å². The molecule has 0 aliphatic rings. The predicted octanol–water partition coefficient (Wildman–Crippen LogP) is 4.33. The van der Waals surface area contributed by atoms with Gasteiger partial charge in [0, 0.05) is 23.6 Å². The molecule has 1 amide bonds. The highest BCUT2D eigenvalue weighted by Crippen LogP contribution is 2.31. The Morgan fingerprint density at radius 2 is 2.14 bits per heavy atom. The molecular weight excluding hydrogens is 301 g/mol. The van der Waals surface area contributed by atoms with E-state index in [1.165, 1.54) is 23.5 Å². The fourth-order valence-electron chi connectivity index (χ4n) is 2.25. The molecule has 0 radical (unpaired) electrons. The molecule has 0 saturated carbocycles. The van der Waals surface area contributed by atoms with Crippen molar-refractivity contribution < 1.29 is 9.18 Å². The number of nitrogens with one attached hydrogen (secondary N) is 1. The summed E-state index contributed by atoms with van der Waals surface area (Å²) in [6.07, 6.45) is 4.17. The number of carbonyl (C=O) groups is 1. The summed E-state index contributed by atoms with van der Waals surface area (Å²) in [6, 6.07) is 6.13. The normalized spacial score (nSPS) is 11.0. The first kappa shape index (κ1) is 14.7. The number of anilines is 1. The Morgan fingerprint density at radius 3 is 2.86 bits per heavy atom. The summed E-state index contributed by atoms with van der Waals surface area (Å²) >= 11 is 1.49. The Bertz CT molecular complexity index is 791. The van der Waals surface area contributed by atoms with E-state index in [0.717, 1.165) is 23.4 Å². The highest BCUT2D eigenvalue weighted by Gasteiger charge is 2.17. The van der Waals surface area contributed by atoms with Crippen molar-refractivity contribution in [2.75, 3.05) is 5.32 Å². The van der Waals surface area contributed by atoms with Crippen LogP contribution in [-0.2, 0) is 4.79 Å². The van der Waals surface area contributed by atoms with E-state index in [1.54, 1.807) is 12.1 Å². The summed E-state index contributed by atoms with van der Waals surface area (Å²) < 4.78 is 15.0. The maximum Gasteiger partial charge on any atom is 0.225 e. The molecule has 0 saturated heterocycles. The van der Waals surface area contributed by atoms with Crippen molar-refractivity contribution in [3.05, 3.63) is 41.7 Å². The number of unbranched alkanes of at least 4 members (excludes halogenated alkanes) is 1. The summed E-state index contributed by atoms with van der Waals surface area (Å²) in [5.74, 6) is 0.320. The van der Waals surface area contributed by atoms with Gasteiger partial charge >= 0.3 is 0 Å². The first-order chi connectivity index (χ1) is 10.7. The molecule has 6 heteroatoms. The molecule has 0 aliphatic heterocycles. The van der Waals surface area contributed by atoms with Crippen LogP contribution < -0.4 is 5.32 Å². The minimum atomic E-state index is -0.293. The Hall–Kier alpha value is -2.21. The lowest BCUT2D eigenvalue weighted by Gasteiger charge is -2.07. The van der Waals surface area contributed by atoms with Gasteiger partial charge in [0.05, 0.1) is 0 Å². The highest BCUT2D eigenvalue weighted by atomic mass is 32.1. The summed E-state index contributed by atoms with van der Waals surface area (Å²) in [4.78, 5) is 17.4. The molecule has 0 bridgehead atoms. The molecule has 22 heavy (non-hydrogen) atoms. The van der Waals surface area contributed by atoms with E-state index < -0.39 is 0 Å². The summed E-state index contributed by atoms with van der Waals surface area (Å²) in [5.41, 5.74) is 1.44. The van der Waals surface area contributed by atoms with Crippen molar-refractivity contribution in [2.45, 2.75) is 26.2 Å². The standard InChI is InChI=1S/C16H16FN3OS/c1-2-3-4-13(21)18-15-14(11-5-7-12(17)8-6-11)19-16-20(15)9-10-22-16/h5-10H,2-4H2,1H3,(H,18,21). The van der Waals surface area contributed by atoms with Crippen molar-refractivity contribution in [3.63, 3.8) is 0 Å². The van der Waals surface area contributed by atoms with Gasteiger partial charge in [0.1, 0.15) is 17.3 Å². The Kier molecular flexibility index (Phi) is 4.20. The van der Waals surface area contributed by atoms with Crippen LogP contribution in [0.3, 0.4) is 0 Å². The van der Waals surface area contributed by atoms with Gasteiger partial charge in [-0.1, -0.05) is 13.3 Å². The van der Waals surface area contributed by atoms with Gasteiger partial charge in [0.15, 0.2) is 4.96 Å². The van der Waals surface area contributed by atoms with E-state index in [2.05, 4.69) is 10.3 Å². The minimum Gasteiger partial charge on any atom is -0.310 e. The lowest BCUT2D eigenvalue weighted by molar-refractivity contribution is -0.116. The molecule has 4 nitrogen and oxygen atoms in total. The van der Waals surface area contributed by atoms with Crippen LogP contribution in [0, 0.1) is 5.82 Å². The smallest absolute Gasteiger partial charge is 0.225 e. The van der Waals surface area contributed by atoms with Crippen LogP contribution >= 0.6 is 11.3 Å². The number of aromatic nitrogens is 2. The van der Waals surface area contributed by atoms with E-state index >= 15 is 0 Å². The van der Waals surface area contributed by atoms with Gasteiger partial charge in [-0.25, -0.2) is 9.37 Å². The van der Waals surface area contributed by atoms with Crippen molar-refractivity contribution >= 4 is 28.0 Å². The lowest BCUT2D eigenvalue weighted by atomic mass is 10.1. The Balaban J connectivity index is 1.99. The first-order valence-corrected chi connectivity index (χ1v) is 8.08. The number of rotatable bonds is 5. The number of imidazole rings is 1. The molecule has 0 fully saturated rings. The molecule has 1 aromatic carbocycles. The number of fused-ring (bicyclic) bond motifs is 1. The van der Waals surface area contributed by atoms with Gasteiger partial charge in [-0.05, 0) is 30.7 Å². The second-order valence-corrected chi connectivity index (χ2v) is 5.90. The van der Waals surface area contributed by atoms with Gasteiger partial charge in [-0.2, -0.15) is 0 Å². The van der Waals surface area contributed by atoms with Crippen LogP contribution in [0.1, 0.15) is 26.2 Å². The second kappa shape index (κ2) is 6.27. The van der Waals surface area contributed by atoms with Crippen LogP contribution in [0.4, 0.5) is 10.2 Å². The second-order valence-electron chi connectivity index (χ2n) is 5.02. The number of hydrogen-bond donors (Lipinski definition) is 1. The van der Waals surface area contributed by atoms with Crippen LogP contribution in [-0.4, -0.2) is 15.3 Å². The van der Waals surface area contributed by atoms with Crippen LogP contribution in [0.25, 0.3) is 16.2 Å². The monoisotopic (exact) mass is 317 g/mol. The fourth-order valence-corrected chi connectivity index (χ4v) is 2.96. The number of carbonyl (C=O) groups excluding carboxylic acids is 1. The van der Waals surface area contributed by atoms with Crippen molar-refractivity contribution in [3.8, 4) is 11.3 Å². The molecule has 0 aliphatic carbocycles. The predicted molar refractivity (Wildman–Crippen MR) is 86.6 cm³/mol. The van der Waals surface area contributed by atoms with Gasteiger partial charge in [0.2, 0.25) is 5.91 Å². The Morgan fingerprint density at radius 1 is 1.36 bits per heavy atom. The van der Waals surface area contributed by atoms with Crippen LogP contribution in [0.5, 0.6) is 0 Å². The van der Waals surface area contributed by atoms with E-state index in [-0.39, 0.29) is 11.7 Å². The number of thiazole rings is 1. The first-order valence-electron chi connectivity index (χ1n) is 7.20. The number of amides is 1. The third-order valence-electron chi connectivity index (χ3n) is 3.39. The number of hydrogen-bond acceptors (Lipinski definition) is 3. The van der Waals surface area contributed by atoms with E-state index in [0.29, 0.717) is 17.9 Å². The van der Waals surface area contributed by atoms with Crippen LogP contribution in [0.2, 0.25) is 0 Å². The van der Waals surface area contributed by atoms with Crippen LogP contribution in [0.15, 0.2) is 35.8 Å². The third kappa shape index (κ3) is 2.87. The molecule has 0 atom stereocenters. The maximum atomic E-state index is 13.1. The zero-order valence-electron chi connectivity index (χ0n) is 12.2. The maximum absolute atomic E-state index is 13.1.